The molecule has 38 heavy (non-hydrogen) atoms. The second kappa shape index (κ2) is 11.2. The topological polar surface area (TPSA) is 133 Å². The first kappa shape index (κ1) is 26.4. The van der Waals surface area contributed by atoms with E-state index in [4.69, 9.17) is 9.47 Å². The quantitative estimate of drug-likeness (QED) is 0.253. The van der Waals surface area contributed by atoms with E-state index >= 15 is 0 Å². The fraction of sp³-hybridized carbons (Fsp3) is 0.261. The van der Waals surface area contributed by atoms with Crippen LogP contribution in [0.3, 0.4) is 0 Å². The highest BCUT2D eigenvalue weighted by molar-refractivity contribution is 6.03. The van der Waals surface area contributed by atoms with Crippen LogP contribution < -0.4 is 20.3 Å². The zero-order valence-electron chi connectivity index (χ0n) is 20.0. The van der Waals surface area contributed by atoms with Gasteiger partial charge in [0.25, 0.3) is 5.91 Å². The smallest absolute Gasteiger partial charge is 0.437 e. The van der Waals surface area contributed by atoms with Crippen molar-refractivity contribution >= 4 is 34.9 Å². The second-order valence-electron chi connectivity index (χ2n) is 7.90. The molecule has 0 radical (unpaired) electrons. The molecular formula is C23H22F3N7O5. The number of aromatic nitrogens is 4. The molecule has 4 rings (SSSR count). The lowest BCUT2D eigenvalue weighted by molar-refractivity contribution is -0.195. The third-order valence-corrected chi connectivity index (χ3v) is 5.08. The number of morpholine rings is 1. The maximum Gasteiger partial charge on any atom is 0.491 e. The molecule has 0 bridgehead atoms. The average Bonchev–Trinajstić information content (AvgIpc) is 3.29. The van der Waals surface area contributed by atoms with Gasteiger partial charge in [0.05, 0.1) is 31.3 Å². The zero-order chi connectivity index (χ0) is 27.3. The van der Waals surface area contributed by atoms with Crippen LogP contribution in [0, 0.1) is 0 Å². The Hall–Kier alpha value is -4.66. The molecule has 1 aliphatic rings. The molecule has 12 nitrogen and oxygen atoms in total. The van der Waals surface area contributed by atoms with Crippen molar-refractivity contribution in [3.05, 3.63) is 55.2 Å². The lowest BCUT2D eigenvalue weighted by Crippen LogP contribution is -2.36. The Balaban J connectivity index is 1.47. The van der Waals surface area contributed by atoms with Gasteiger partial charge < -0.3 is 29.7 Å². The number of halogens is 3. The molecule has 1 fully saturated rings. The standard InChI is InChI=1S/C23H22F3N7O5/c1-14(37-21(35)23(24,25)26)19(34)29-15-3-5-17(6-4-15)38-20-18(33-7-9-36-10-8-33)12-27-22(31-20)30-16-11-28-32(2)13-16/h3-6,11-13H,1,7-10H2,2H3,(H,29,34)(H,27,30,31). The van der Waals surface area contributed by atoms with Gasteiger partial charge in [0, 0.05) is 32.0 Å². The number of nitrogens with one attached hydrogen (secondary N) is 2. The van der Waals surface area contributed by atoms with E-state index in [-0.39, 0.29) is 17.5 Å². The Labute approximate surface area is 214 Å². The van der Waals surface area contributed by atoms with Crippen LogP contribution in [0.4, 0.5) is 36.2 Å². The molecule has 1 amide bonds. The number of ether oxygens (including phenoxy) is 3. The largest absolute Gasteiger partial charge is 0.491 e. The first-order valence-electron chi connectivity index (χ1n) is 11.1. The third kappa shape index (κ3) is 6.76. The first-order valence-corrected chi connectivity index (χ1v) is 11.1. The number of carbonyl (C=O) groups is 2. The van der Waals surface area contributed by atoms with Gasteiger partial charge in [-0.25, -0.2) is 9.78 Å². The van der Waals surface area contributed by atoms with Gasteiger partial charge in [0.15, 0.2) is 5.76 Å². The number of esters is 1. The summed E-state index contributed by atoms with van der Waals surface area (Å²) in [5.41, 5.74) is 1.52. The van der Waals surface area contributed by atoms with Gasteiger partial charge in [-0.1, -0.05) is 6.58 Å². The molecule has 0 spiro atoms. The molecule has 1 aromatic carbocycles. The predicted molar refractivity (Wildman–Crippen MR) is 128 cm³/mol. The summed E-state index contributed by atoms with van der Waals surface area (Å²) in [5, 5.41) is 9.43. The second-order valence-corrected chi connectivity index (χ2v) is 7.90. The highest BCUT2D eigenvalue weighted by atomic mass is 19.4. The Morgan fingerprint density at radius 2 is 1.82 bits per heavy atom. The number of anilines is 4. The minimum atomic E-state index is -5.25. The summed E-state index contributed by atoms with van der Waals surface area (Å²) in [4.78, 5) is 33.8. The first-order chi connectivity index (χ1) is 18.1. The highest BCUT2D eigenvalue weighted by Gasteiger charge is 2.42. The number of hydrogen-bond donors (Lipinski definition) is 2. The summed E-state index contributed by atoms with van der Waals surface area (Å²) in [5.74, 6) is -3.77. The van der Waals surface area contributed by atoms with Crippen molar-refractivity contribution < 1.29 is 37.0 Å². The molecule has 3 aromatic rings. The summed E-state index contributed by atoms with van der Waals surface area (Å²) in [6, 6.07) is 5.91. The van der Waals surface area contributed by atoms with E-state index in [0.717, 1.165) is 0 Å². The maximum atomic E-state index is 12.3. The van der Waals surface area contributed by atoms with E-state index in [0.29, 0.717) is 43.4 Å². The molecular weight excluding hydrogens is 511 g/mol. The lowest BCUT2D eigenvalue weighted by atomic mass is 10.3. The predicted octanol–water partition coefficient (Wildman–Crippen LogP) is 3.14. The van der Waals surface area contributed by atoms with E-state index in [1.54, 1.807) is 30.3 Å². The van der Waals surface area contributed by atoms with Crippen LogP contribution in [0.1, 0.15) is 0 Å². The van der Waals surface area contributed by atoms with Gasteiger partial charge >= 0.3 is 12.1 Å². The molecule has 3 heterocycles. The normalized spacial score (nSPS) is 13.5. The van der Waals surface area contributed by atoms with Crippen LogP contribution in [-0.2, 0) is 26.1 Å². The van der Waals surface area contributed by atoms with E-state index in [2.05, 4.69) is 37.0 Å². The molecule has 0 unspecified atom stereocenters. The van der Waals surface area contributed by atoms with Crippen LogP contribution in [0.25, 0.3) is 0 Å². The Bertz CT molecular complexity index is 1320. The number of aryl methyl sites for hydroxylation is 1. The molecule has 0 saturated carbocycles. The molecule has 0 aliphatic carbocycles. The van der Waals surface area contributed by atoms with Crippen molar-refractivity contribution in [2.45, 2.75) is 6.18 Å². The molecule has 200 valence electrons. The van der Waals surface area contributed by atoms with Gasteiger partial charge in [-0.05, 0) is 24.3 Å². The summed E-state index contributed by atoms with van der Waals surface area (Å²) >= 11 is 0. The SMILES string of the molecule is C=C(OC(=O)C(F)(F)F)C(=O)Nc1ccc(Oc2nc(Nc3cnn(C)c3)ncc2N2CCOCC2)cc1. The summed E-state index contributed by atoms with van der Waals surface area (Å²) < 4.78 is 54.0. The Kier molecular flexibility index (Phi) is 7.76. The summed E-state index contributed by atoms with van der Waals surface area (Å²) in [6.07, 6.45) is -0.248. The third-order valence-electron chi connectivity index (χ3n) is 5.08. The highest BCUT2D eigenvalue weighted by Crippen LogP contribution is 2.32. The lowest BCUT2D eigenvalue weighted by Gasteiger charge is -2.29. The van der Waals surface area contributed by atoms with Gasteiger partial charge in [0.1, 0.15) is 11.4 Å². The zero-order valence-corrected chi connectivity index (χ0v) is 20.0. The van der Waals surface area contributed by atoms with Gasteiger partial charge in [-0.2, -0.15) is 23.3 Å². The van der Waals surface area contributed by atoms with Crippen LogP contribution in [0.5, 0.6) is 11.6 Å². The molecule has 2 N–H and O–H groups in total. The molecule has 15 heteroatoms. The van der Waals surface area contributed by atoms with E-state index in [1.807, 2.05) is 4.90 Å². The summed E-state index contributed by atoms with van der Waals surface area (Å²) in [6.45, 7) is 5.35. The number of nitrogens with zero attached hydrogens (tertiary/aromatic N) is 5. The van der Waals surface area contributed by atoms with Crippen LogP contribution >= 0.6 is 0 Å². The summed E-state index contributed by atoms with van der Waals surface area (Å²) in [7, 11) is 1.78. The number of rotatable bonds is 8. The van der Waals surface area contributed by atoms with Gasteiger partial charge in [-0.15, -0.1) is 0 Å². The monoisotopic (exact) mass is 533 g/mol. The minimum absolute atomic E-state index is 0.196. The van der Waals surface area contributed by atoms with Crippen molar-refractivity contribution in [3.8, 4) is 11.6 Å². The van der Waals surface area contributed by atoms with E-state index in [1.165, 1.54) is 24.3 Å². The van der Waals surface area contributed by atoms with Crippen LogP contribution in [0.2, 0.25) is 0 Å². The molecule has 2 aromatic heterocycles. The minimum Gasteiger partial charge on any atom is -0.437 e. The van der Waals surface area contributed by atoms with E-state index < -0.39 is 23.8 Å². The maximum absolute atomic E-state index is 12.3. The molecule has 1 aliphatic heterocycles. The van der Waals surface area contributed by atoms with Gasteiger partial charge in [-0.3, -0.25) is 9.48 Å². The number of amides is 1. The average molecular weight is 533 g/mol. The van der Waals surface area contributed by atoms with Crippen molar-refractivity contribution in [1.82, 2.24) is 19.7 Å². The number of alkyl halides is 3. The number of benzene rings is 1. The van der Waals surface area contributed by atoms with Crippen molar-refractivity contribution in [2.24, 2.45) is 7.05 Å². The van der Waals surface area contributed by atoms with Crippen LogP contribution in [0.15, 0.2) is 55.2 Å². The molecule has 0 atom stereocenters. The van der Waals surface area contributed by atoms with Crippen LogP contribution in [-0.4, -0.2) is 64.1 Å². The van der Waals surface area contributed by atoms with E-state index in [9.17, 15) is 22.8 Å². The van der Waals surface area contributed by atoms with Crippen molar-refractivity contribution in [3.63, 3.8) is 0 Å². The number of carbonyl (C=O) groups excluding carboxylic acids is 2. The Morgan fingerprint density at radius 3 is 2.45 bits per heavy atom. The molecule has 1 saturated heterocycles. The fourth-order valence-electron chi connectivity index (χ4n) is 3.27. The number of hydrogen-bond acceptors (Lipinski definition) is 10. The van der Waals surface area contributed by atoms with Gasteiger partial charge in [0.2, 0.25) is 11.8 Å². The van der Waals surface area contributed by atoms with Crippen molar-refractivity contribution in [1.29, 1.82) is 0 Å². The fourth-order valence-corrected chi connectivity index (χ4v) is 3.27. The Morgan fingerprint density at radius 1 is 1.11 bits per heavy atom. The van der Waals surface area contributed by atoms with Crippen molar-refractivity contribution in [2.75, 3.05) is 41.8 Å².